The van der Waals surface area contributed by atoms with E-state index in [4.69, 9.17) is 11.6 Å². The van der Waals surface area contributed by atoms with Crippen molar-refractivity contribution in [3.8, 4) is 0 Å². The standard InChI is InChI=1S/C18H16ClN3O3S/c1-12-3-2-4-13(9-12)11-26-18-20-7-8-21(18)17(23)15-10-14(19)5-6-16(15)22(24)25/h2-6,9-10H,7-8,11H2,1H3. The monoisotopic (exact) mass is 389 g/mol. The van der Waals surface area contributed by atoms with E-state index < -0.39 is 10.8 Å². The molecule has 2 aromatic rings. The van der Waals surface area contributed by atoms with Crippen LogP contribution in [0.5, 0.6) is 0 Å². The minimum absolute atomic E-state index is 0.0201. The molecular formula is C18H16ClN3O3S. The molecule has 0 atom stereocenters. The molecule has 0 spiro atoms. The lowest BCUT2D eigenvalue weighted by atomic mass is 10.1. The van der Waals surface area contributed by atoms with Crippen molar-refractivity contribution in [1.29, 1.82) is 0 Å². The number of hydrogen-bond acceptors (Lipinski definition) is 5. The van der Waals surface area contributed by atoms with Gasteiger partial charge in [0.2, 0.25) is 0 Å². The van der Waals surface area contributed by atoms with Crippen LogP contribution in [0.1, 0.15) is 21.5 Å². The topological polar surface area (TPSA) is 75.8 Å². The highest BCUT2D eigenvalue weighted by Crippen LogP contribution is 2.27. The summed E-state index contributed by atoms with van der Waals surface area (Å²) in [4.78, 5) is 29.4. The maximum atomic E-state index is 12.9. The number of aryl methyl sites for hydroxylation is 1. The molecule has 6 nitrogen and oxygen atoms in total. The highest BCUT2D eigenvalue weighted by atomic mass is 35.5. The van der Waals surface area contributed by atoms with Crippen LogP contribution in [0.15, 0.2) is 47.5 Å². The summed E-state index contributed by atoms with van der Waals surface area (Å²) < 4.78 is 0. The van der Waals surface area contributed by atoms with E-state index in [9.17, 15) is 14.9 Å². The molecule has 0 radical (unpaired) electrons. The molecule has 134 valence electrons. The predicted molar refractivity (Wildman–Crippen MR) is 104 cm³/mol. The molecule has 0 unspecified atom stereocenters. The molecule has 0 saturated carbocycles. The molecule has 0 aromatic heterocycles. The maximum Gasteiger partial charge on any atom is 0.282 e. The van der Waals surface area contributed by atoms with Gasteiger partial charge < -0.3 is 0 Å². The van der Waals surface area contributed by atoms with Gasteiger partial charge in [-0.05, 0) is 24.6 Å². The Morgan fingerprint density at radius 2 is 2.15 bits per heavy atom. The van der Waals surface area contributed by atoms with Crippen LogP contribution in [-0.2, 0) is 5.75 Å². The smallest absolute Gasteiger partial charge is 0.282 e. The van der Waals surface area contributed by atoms with Gasteiger partial charge in [-0.15, -0.1) is 0 Å². The van der Waals surface area contributed by atoms with E-state index in [0.29, 0.717) is 24.0 Å². The van der Waals surface area contributed by atoms with Crippen LogP contribution in [0.2, 0.25) is 5.02 Å². The van der Waals surface area contributed by atoms with Gasteiger partial charge >= 0.3 is 0 Å². The quantitative estimate of drug-likeness (QED) is 0.577. The number of nitro benzene ring substituents is 1. The molecule has 0 saturated heterocycles. The Morgan fingerprint density at radius 3 is 2.88 bits per heavy atom. The van der Waals surface area contributed by atoms with E-state index >= 15 is 0 Å². The summed E-state index contributed by atoms with van der Waals surface area (Å²) in [7, 11) is 0. The lowest BCUT2D eigenvalue weighted by Gasteiger charge is -2.18. The molecule has 0 N–H and O–H groups in total. The SMILES string of the molecule is Cc1cccc(CSC2=NCCN2C(=O)c2cc(Cl)ccc2[N+](=O)[O-])c1. The lowest BCUT2D eigenvalue weighted by molar-refractivity contribution is -0.385. The van der Waals surface area contributed by atoms with Crippen molar-refractivity contribution < 1.29 is 9.72 Å². The number of nitrogens with zero attached hydrogens (tertiary/aromatic N) is 3. The number of thioether (sulfide) groups is 1. The first kappa shape index (κ1) is 18.4. The van der Waals surface area contributed by atoms with E-state index in [1.165, 1.54) is 40.4 Å². The fourth-order valence-electron chi connectivity index (χ4n) is 2.67. The Bertz CT molecular complexity index is 901. The first-order valence-electron chi connectivity index (χ1n) is 7.94. The Labute approximate surface area is 160 Å². The summed E-state index contributed by atoms with van der Waals surface area (Å²) in [6.07, 6.45) is 0. The first-order chi connectivity index (χ1) is 12.5. The number of amides is 1. The third-order valence-corrected chi connectivity index (χ3v) is 5.20. The van der Waals surface area contributed by atoms with Crippen molar-refractivity contribution in [1.82, 2.24) is 4.90 Å². The summed E-state index contributed by atoms with van der Waals surface area (Å²) in [5.41, 5.74) is 2.02. The molecule has 1 aliphatic rings. The largest absolute Gasteiger partial charge is 0.285 e. The zero-order valence-electron chi connectivity index (χ0n) is 14.0. The summed E-state index contributed by atoms with van der Waals surface area (Å²) >= 11 is 7.38. The molecule has 1 amide bonds. The number of nitro groups is 1. The molecule has 3 rings (SSSR count). The summed E-state index contributed by atoms with van der Waals surface area (Å²) in [5, 5.41) is 12.1. The summed E-state index contributed by atoms with van der Waals surface area (Å²) in [6.45, 7) is 2.91. The van der Waals surface area contributed by atoms with Crippen molar-refractivity contribution in [3.05, 3.63) is 74.3 Å². The maximum absolute atomic E-state index is 12.9. The fraction of sp³-hybridized carbons (Fsp3) is 0.222. The minimum atomic E-state index is -0.573. The Balaban J connectivity index is 1.78. The van der Waals surface area contributed by atoms with E-state index in [1.807, 2.05) is 25.1 Å². The van der Waals surface area contributed by atoms with Gasteiger partial charge in [0.1, 0.15) is 5.56 Å². The van der Waals surface area contributed by atoms with Gasteiger partial charge in [-0.1, -0.05) is 53.2 Å². The summed E-state index contributed by atoms with van der Waals surface area (Å²) in [6, 6.07) is 12.1. The molecule has 2 aromatic carbocycles. The van der Waals surface area contributed by atoms with Gasteiger partial charge in [-0.2, -0.15) is 0 Å². The Hall–Kier alpha value is -2.38. The third kappa shape index (κ3) is 4.05. The molecule has 0 bridgehead atoms. The Morgan fingerprint density at radius 1 is 1.35 bits per heavy atom. The molecule has 0 fully saturated rings. The second-order valence-corrected chi connectivity index (χ2v) is 7.20. The zero-order valence-corrected chi connectivity index (χ0v) is 15.6. The normalized spacial score (nSPS) is 13.6. The number of rotatable bonds is 4. The van der Waals surface area contributed by atoms with E-state index in [0.717, 1.165) is 5.56 Å². The number of halogens is 1. The highest BCUT2D eigenvalue weighted by Gasteiger charge is 2.30. The lowest BCUT2D eigenvalue weighted by Crippen LogP contribution is -2.33. The molecule has 0 aliphatic carbocycles. The van der Waals surface area contributed by atoms with Gasteiger partial charge in [0, 0.05) is 23.4 Å². The highest BCUT2D eigenvalue weighted by molar-refractivity contribution is 8.13. The van der Waals surface area contributed by atoms with Crippen molar-refractivity contribution in [3.63, 3.8) is 0 Å². The van der Waals surface area contributed by atoms with Crippen LogP contribution in [0, 0.1) is 17.0 Å². The fourth-order valence-corrected chi connectivity index (χ4v) is 3.83. The predicted octanol–water partition coefficient (Wildman–Crippen LogP) is 4.30. The van der Waals surface area contributed by atoms with Gasteiger partial charge in [0.05, 0.1) is 11.5 Å². The van der Waals surface area contributed by atoms with Gasteiger partial charge in [0.25, 0.3) is 11.6 Å². The van der Waals surface area contributed by atoms with Gasteiger partial charge in [0.15, 0.2) is 5.17 Å². The van der Waals surface area contributed by atoms with Crippen LogP contribution in [-0.4, -0.2) is 34.0 Å². The number of carbonyl (C=O) groups excluding carboxylic acids is 1. The van der Waals surface area contributed by atoms with Gasteiger partial charge in [-0.3, -0.25) is 24.8 Å². The van der Waals surface area contributed by atoms with E-state index in [2.05, 4.69) is 11.1 Å². The summed E-state index contributed by atoms with van der Waals surface area (Å²) in [5.74, 6) is 0.217. The number of amidine groups is 1. The number of benzene rings is 2. The average molecular weight is 390 g/mol. The molecular weight excluding hydrogens is 374 g/mol. The zero-order chi connectivity index (χ0) is 18.7. The van der Waals surface area contributed by atoms with Crippen molar-refractivity contribution >= 4 is 40.1 Å². The van der Waals surface area contributed by atoms with E-state index in [1.54, 1.807) is 0 Å². The average Bonchev–Trinajstić information content (AvgIpc) is 3.07. The number of aliphatic imine (C=N–C) groups is 1. The van der Waals surface area contributed by atoms with Crippen LogP contribution < -0.4 is 0 Å². The van der Waals surface area contributed by atoms with Crippen LogP contribution in [0.25, 0.3) is 0 Å². The number of hydrogen-bond donors (Lipinski definition) is 0. The minimum Gasteiger partial charge on any atom is -0.285 e. The van der Waals surface area contributed by atoms with Crippen molar-refractivity contribution in [2.24, 2.45) is 4.99 Å². The molecule has 8 heteroatoms. The van der Waals surface area contributed by atoms with Crippen molar-refractivity contribution in [2.45, 2.75) is 12.7 Å². The Kier molecular flexibility index (Phi) is 5.58. The van der Waals surface area contributed by atoms with Crippen LogP contribution in [0.3, 0.4) is 0 Å². The van der Waals surface area contributed by atoms with Crippen LogP contribution in [0.4, 0.5) is 5.69 Å². The van der Waals surface area contributed by atoms with Crippen molar-refractivity contribution in [2.75, 3.05) is 13.1 Å². The van der Waals surface area contributed by atoms with Gasteiger partial charge in [-0.25, -0.2) is 0 Å². The van der Waals surface area contributed by atoms with E-state index in [-0.39, 0.29) is 16.3 Å². The molecule has 1 heterocycles. The molecule has 26 heavy (non-hydrogen) atoms. The second kappa shape index (κ2) is 7.88. The molecule has 1 aliphatic heterocycles. The number of carbonyl (C=O) groups is 1. The van der Waals surface area contributed by atoms with Crippen LogP contribution >= 0.6 is 23.4 Å². The first-order valence-corrected chi connectivity index (χ1v) is 9.30. The third-order valence-electron chi connectivity index (χ3n) is 3.88. The second-order valence-electron chi connectivity index (χ2n) is 5.82.